The first kappa shape index (κ1) is 11.7. The maximum Gasteiger partial charge on any atom is 0.276 e. The van der Waals surface area contributed by atoms with Crippen LogP contribution in [0.3, 0.4) is 0 Å². The number of carbonyl (C=O) groups is 1. The van der Waals surface area contributed by atoms with Crippen LogP contribution >= 0.6 is 12.2 Å². The van der Waals surface area contributed by atoms with Gasteiger partial charge in [-0.3, -0.25) is 14.7 Å². The van der Waals surface area contributed by atoms with Crippen LogP contribution in [0.15, 0.2) is 30.1 Å². The molecule has 1 aliphatic rings. The first-order valence-corrected chi connectivity index (χ1v) is 5.78. The zero-order chi connectivity index (χ0) is 12.4. The fraction of sp³-hybridized carbons (Fsp3) is 0.250. The van der Waals surface area contributed by atoms with Gasteiger partial charge in [0.15, 0.2) is 5.11 Å². The molecule has 0 radical (unpaired) electrons. The van der Waals surface area contributed by atoms with Gasteiger partial charge in [0, 0.05) is 19.8 Å². The van der Waals surface area contributed by atoms with Gasteiger partial charge in [-0.05, 0) is 37.4 Å². The summed E-state index contributed by atoms with van der Waals surface area (Å²) in [6.07, 6.45) is 3.46. The van der Waals surface area contributed by atoms with Crippen molar-refractivity contribution in [3.63, 3.8) is 0 Å². The smallest absolute Gasteiger partial charge is 0.276 e. The molecule has 0 N–H and O–H groups in total. The Kier molecular flexibility index (Phi) is 3.19. The zero-order valence-corrected chi connectivity index (χ0v) is 10.6. The maximum absolute atomic E-state index is 12.0. The number of hydrogen-bond donors (Lipinski definition) is 0. The lowest BCUT2D eigenvalue weighted by Gasteiger charge is -2.15. The second-order valence-corrected chi connectivity index (χ2v) is 4.04. The van der Waals surface area contributed by atoms with E-state index in [0.717, 1.165) is 5.69 Å². The topological polar surface area (TPSA) is 36.4 Å². The van der Waals surface area contributed by atoms with Gasteiger partial charge in [-0.25, -0.2) is 0 Å². The molecule has 1 aromatic heterocycles. The standard InChI is InChI=1S/C12H13N3OS/c1-3-15-10(11(16)14(2)12(15)17)8-9-6-4-5-7-13-9/h4-8H,3H2,1-2H3. The molecule has 1 aromatic rings. The van der Waals surface area contributed by atoms with Gasteiger partial charge in [0.2, 0.25) is 0 Å². The molecule has 1 saturated heterocycles. The van der Waals surface area contributed by atoms with Crippen molar-refractivity contribution in [2.75, 3.05) is 13.6 Å². The largest absolute Gasteiger partial charge is 0.314 e. The number of amides is 1. The van der Waals surface area contributed by atoms with E-state index in [2.05, 4.69) is 4.98 Å². The molecule has 4 nitrogen and oxygen atoms in total. The van der Waals surface area contributed by atoms with Gasteiger partial charge in [-0.1, -0.05) is 6.07 Å². The normalized spacial score (nSPS) is 18.4. The minimum absolute atomic E-state index is 0.0810. The Balaban J connectivity index is 2.40. The van der Waals surface area contributed by atoms with Crippen molar-refractivity contribution in [2.24, 2.45) is 0 Å². The highest BCUT2D eigenvalue weighted by Crippen LogP contribution is 2.21. The van der Waals surface area contributed by atoms with Gasteiger partial charge in [0.05, 0.1) is 5.69 Å². The summed E-state index contributed by atoms with van der Waals surface area (Å²) < 4.78 is 0. The van der Waals surface area contributed by atoms with Crippen LogP contribution in [-0.4, -0.2) is 39.4 Å². The second kappa shape index (κ2) is 4.63. The average molecular weight is 247 g/mol. The lowest BCUT2D eigenvalue weighted by atomic mass is 10.2. The molecule has 1 amide bonds. The summed E-state index contributed by atoms with van der Waals surface area (Å²) in [6.45, 7) is 2.64. The van der Waals surface area contributed by atoms with E-state index in [4.69, 9.17) is 12.2 Å². The third-order valence-corrected chi connectivity index (χ3v) is 3.12. The van der Waals surface area contributed by atoms with Gasteiger partial charge >= 0.3 is 0 Å². The number of hydrogen-bond acceptors (Lipinski definition) is 3. The van der Waals surface area contributed by atoms with Crippen molar-refractivity contribution >= 4 is 29.3 Å². The van der Waals surface area contributed by atoms with Gasteiger partial charge in [-0.2, -0.15) is 0 Å². The first-order chi connectivity index (χ1) is 8.15. The molecule has 0 spiro atoms. The molecule has 0 saturated carbocycles. The molecule has 1 fully saturated rings. The molecule has 1 aliphatic heterocycles. The van der Waals surface area contributed by atoms with Crippen molar-refractivity contribution in [1.29, 1.82) is 0 Å². The molecule has 0 aromatic carbocycles. The van der Waals surface area contributed by atoms with Crippen LogP contribution in [-0.2, 0) is 4.79 Å². The van der Waals surface area contributed by atoms with Gasteiger partial charge in [-0.15, -0.1) is 0 Å². The zero-order valence-electron chi connectivity index (χ0n) is 9.75. The molecular formula is C12H13N3OS. The summed E-state index contributed by atoms with van der Waals surface area (Å²) in [6, 6.07) is 5.58. The summed E-state index contributed by atoms with van der Waals surface area (Å²) in [5, 5.41) is 0.541. The fourth-order valence-electron chi connectivity index (χ4n) is 1.70. The predicted octanol–water partition coefficient (Wildman–Crippen LogP) is 1.50. The molecular weight excluding hydrogens is 234 g/mol. The lowest BCUT2D eigenvalue weighted by molar-refractivity contribution is -0.121. The van der Waals surface area contributed by atoms with Crippen molar-refractivity contribution in [1.82, 2.24) is 14.8 Å². The van der Waals surface area contributed by atoms with E-state index in [0.29, 0.717) is 17.4 Å². The third kappa shape index (κ3) is 2.06. The molecule has 2 heterocycles. The minimum atomic E-state index is -0.0810. The van der Waals surface area contributed by atoms with Gasteiger partial charge in [0.25, 0.3) is 5.91 Å². The molecule has 0 aliphatic carbocycles. The van der Waals surface area contributed by atoms with Gasteiger partial charge in [0.1, 0.15) is 5.70 Å². The lowest BCUT2D eigenvalue weighted by Crippen LogP contribution is -2.29. The van der Waals surface area contributed by atoms with Crippen LogP contribution in [0.1, 0.15) is 12.6 Å². The third-order valence-electron chi connectivity index (χ3n) is 2.62. The van der Waals surface area contributed by atoms with Crippen molar-refractivity contribution < 1.29 is 4.79 Å². The second-order valence-electron chi connectivity index (χ2n) is 3.68. The Hall–Kier alpha value is -1.75. The Morgan fingerprint density at radius 1 is 1.47 bits per heavy atom. The Morgan fingerprint density at radius 2 is 2.24 bits per heavy atom. The molecule has 0 bridgehead atoms. The summed E-state index contributed by atoms with van der Waals surface area (Å²) in [5.74, 6) is -0.0810. The van der Waals surface area contributed by atoms with E-state index in [1.807, 2.05) is 30.0 Å². The first-order valence-electron chi connectivity index (χ1n) is 5.37. The van der Waals surface area contributed by atoms with E-state index in [-0.39, 0.29) is 5.91 Å². The van der Waals surface area contributed by atoms with Crippen LogP contribution in [0.5, 0.6) is 0 Å². The number of rotatable bonds is 2. The van der Waals surface area contributed by atoms with Crippen LogP contribution in [0.25, 0.3) is 6.08 Å². The number of aromatic nitrogens is 1. The quantitative estimate of drug-likeness (QED) is 0.586. The number of likely N-dealkylation sites (N-methyl/N-ethyl adjacent to an activating group) is 2. The Morgan fingerprint density at radius 3 is 2.82 bits per heavy atom. The van der Waals surface area contributed by atoms with Crippen molar-refractivity contribution in [2.45, 2.75) is 6.92 Å². The van der Waals surface area contributed by atoms with E-state index < -0.39 is 0 Å². The van der Waals surface area contributed by atoms with Crippen LogP contribution in [0, 0.1) is 0 Å². The van der Waals surface area contributed by atoms with E-state index >= 15 is 0 Å². The molecule has 5 heteroatoms. The summed E-state index contributed by atoms with van der Waals surface area (Å²) >= 11 is 5.20. The predicted molar refractivity (Wildman–Crippen MR) is 70.0 cm³/mol. The van der Waals surface area contributed by atoms with Crippen molar-refractivity contribution in [3.8, 4) is 0 Å². The monoisotopic (exact) mass is 247 g/mol. The number of pyridine rings is 1. The molecule has 0 atom stereocenters. The number of thiocarbonyl (C=S) groups is 1. The molecule has 17 heavy (non-hydrogen) atoms. The van der Waals surface area contributed by atoms with Gasteiger partial charge < -0.3 is 4.90 Å². The van der Waals surface area contributed by atoms with Crippen LogP contribution in [0.2, 0.25) is 0 Å². The SMILES string of the molecule is CCN1C(=S)N(C)C(=O)C1=Cc1ccccn1. The average Bonchev–Trinajstić information content (AvgIpc) is 2.55. The minimum Gasteiger partial charge on any atom is -0.314 e. The molecule has 2 rings (SSSR count). The Bertz CT molecular complexity index is 484. The van der Waals surface area contributed by atoms with Crippen LogP contribution < -0.4 is 0 Å². The fourth-order valence-corrected chi connectivity index (χ4v) is 2.02. The highest BCUT2D eigenvalue weighted by molar-refractivity contribution is 7.80. The van der Waals surface area contributed by atoms with E-state index in [9.17, 15) is 4.79 Å². The summed E-state index contributed by atoms with van der Waals surface area (Å²) in [4.78, 5) is 19.5. The summed E-state index contributed by atoms with van der Waals surface area (Å²) in [5.41, 5.74) is 1.34. The molecule has 0 unspecified atom stereocenters. The highest BCUT2D eigenvalue weighted by atomic mass is 32.1. The van der Waals surface area contributed by atoms with Crippen molar-refractivity contribution in [3.05, 3.63) is 35.8 Å². The van der Waals surface area contributed by atoms with Crippen LogP contribution in [0.4, 0.5) is 0 Å². The van der Waals surface area contributed by atoms with E-state index in [1.54, 1.807) is 19.3 Å². The summed E-state index contributed by atoms with van der Waals surface area (Å²) in [7, 11) is 1.69. The van der Waals surface area contributed by atoms with E-state index in [1.165, 1.54) is 4.90 Å². The Labute approximate surface area is 106 Å². The number of carbonyl (C=O) groups excluding carboxylic acids is 1. The molecule has 88 valence electrons. The highest BCUT2D eigenvalue weighted by Gasteiger charge is 2.34. The number of nitrogens with zero attached hydrogens (tertiary/aromatic N) is 3. The maximum atomic E-state index is 12.0.